The highest BCUT2D eigenvalue weighted by Gasteiger charge is 2.44. The molecule has 1 saturated heterocycles. The second kappa shape index (κ2) is 11.7. The fraction of sp³-hybridized carbons (Fsp3) is 0.440. The molecule has 202 valence electrons. The minimum absolute atomic E-state index is 0.131. The molecule has 0 radical (unpaired) electrons. The normalized spacial score (nSPS) is 14.2. The number of esters is 1. The van der Waals surface area contributed by atoms with Crippen LogP contribution in [0.15, 0.2) is 36.4 Å². The molecular weight excluding hydrogens is 496 g/mol. The molecule has 1 fully saturated rings. The highest BCUT2D eigenvalue weighted by Crippen LogP contribution is 2.27. The maximum absolute atomic E-state index is 14.0. The van der Waals surface area contributed by atoms with Crippen LogP contribution in [0, 0.1) is 5.82 Å². The fourth-order valence-corrected chi connectivity index (χ4v) is 3.77. The van der Waals surface area contributed by atoms with Crippen molar-refractivity contribution in [2.75, 3.05) is 50.1 Å². The number of benzene rings is 2. The molecule has 2 aromatic rings. The molecule has 12 heteroatoms. The van der Waals surface area contributed by atoms with Gasteiger partial charge >= 0.3 is 12.1 Å². The number of ether oxygens (including phenoxy) is 2. The predicted octanol–water partition coefficient (Wildman–Crippen LogP) is 3.47. The number of alkyl halides is 3. The first-order valence-corrected chi connectivity index (χ1v) is 11.6. The number of nitrogens with one attached hydrogen (secondary N) is 3. The van der Waals surface area contributed by atoms with E-state index >= 15 is 0 Å². The lowest BCUT2D eigenvalue weighted by atomic mass is 10.1. The van der Waals surface area contributed by atoms with Crippen LogP contribution in [0.4, 0.5) is 28.9 Å². The Morgan fingerprint density at radius 1 is 1.08 bits per heavy atom. The molecule has 0 aromatic heterocycles. The summed E-state index contributed by atoms with van der Waals surface area (Å²) in [5.41, 5.74) is 0.605. The van der Waals surface area contributed by atoms with Crippen molar-refractivity contribution in [1.82, 2.24) is 10.6 Å². The van der Waals surface area contributed by atoms with Crippen LogP contribution in [0.2, 0.25) is 0 Å². The number of methoxy groups -OCH3 is 1. The number of carbonyl (C=O) groups excluding carboxylic acids is 2. The Morgan fingerprint density at radius 3 is 2.41 bits per heavy atom. The maximum Gasteiger partial charge on any atom is 0.490 e. The Kier molecular flexibility index (Phi) is 8.85. The summed E-state index contributed by atoms with van der Waals surface area (Å²) in [5.74, 6) is -3.23. The standard InChI is InChI=1S/C25H30F4N4O4/c1-24(2,37-23(35)25(27,28)29)15-32-22(34)18-13-17(5-6-20(18)33-10-8-30-9-11-33)31-14-16-4-7-21(36-3)19(26)12-16/h4-7,12-13,30-31H,8-11,14-15H2,1-3H3,(H,32,34). The van der Waals surface area contributed by atoms with E-state index in [2.05, 4.69) is 20.7 Å². The predicted molar refractivity (Wildman–Crippen MR) is 130 cm³/mol. The monoisotopic (exact) mass is 526 g/mol. The molecule has 3 rings (SSSR count). The van der Waals surface area contributed by atoms with Gasteiger partial charge in [-0.05, 0) is 49.7 Å². The third-order valence-electron chi connectivity index (χ3n) is 5.69. The topological polar surface area (TPSA) is 91.9 Å². The number of hydrogen-bond donors (Lipinski definition) is 3. The van der Waals surface area contributed by atoms with E-state index < -0.39 is 29.5 Å². The summed E-state index contributed by atoms with van der Waals surface area (Å²) >= 11 is 0. The average molecular weight is 527 g/mol. The lowest BCUT2D eigenvalue weighted by Crippen LogP contribution is -2.46. The van der Waals surface area contributed by atoms with Gasteiger partial charge in [-0.15, -0.1) is 0 Å². The smallest absolute Gasteiger partial charge is 0.490 e. The van der Waals surface area contributed by atoms with Crippen molar-refractivity contribution in [3.05, 3.63) is 53.3 Å². The molecule has 8 nitrogen and oxygen atoms in total. The van der Waals surface area contributed by atoms with Gasteiger partial charge in [-0.25, -0.2) is 9.18 Å². The first-order chi connectivity index (χ1) is 17.4. The minimum atomic E-state index is -5.14. The molecule has 0 aliphatic carbocycles. The number of amides is 1. The molecule has 1 amide bonds. The van der Waals surface area contributed by atoms with Crippen LogP contribution in [0.3, 0.4) is 0 Å². The summed E-state index contributed by atoms with van der Waals surface area (Å²) in [6.07, 6.45) is -5.14. The molecule has 1 aliphatic heterocycles. The molecule has 1 aliphatic rings. The molecular formula is C25H30F4N4O4. The third-order valence-corrected chi connectivity index (χ3v) is 5.69. The van der Waals surface area contributed by atoms with Crippen molar-refractivity contribution in [2.24, 2.45) is 0 Å². The number of piperazine rings is 1. The van der Waals surface area contributed by atoms with Crippen molar-refractivity contribution in [3.63, 3.8) is 0 Å². The zero-order valence-corrected chi connectivity index (χ0v) is 20.8. The Bertz CT molecular complexity index is 1120. The Hall–Kier alpha value is -3.54. The number of anilines is 2. The summed E-state index contributed by atoms with van der Waals surface area (Å²) in [5, 5.41) is 8.97. The van der Waals surface area contributed by atoms with Crippen LogP contribution < -0.4 is 25.6 Å². The Morgan fingerprint density at radius 2 is 1.78 bits per heavy atom. The van der Waals surface area contributed by atoms with Gasteiger partial charge in [-0.2, -0.15) is 13.2 Å². The van der Waals surface area contributed by atoms with Crippen LogP contribution >= 0.6 is 0 Å². The molecule has 1 heterocycles. The number of halogens is 4. The van der Waals surface area contributed by atoms with Crippen molar-refractivity contribution in [1.29, 1.82) is 0 Å². The Balaban J connectivity index is 1.76. The van der Waals surface area contributed by atoms with Gasteiger partial charge in [0.05, 0.1) is 19.2 Å². The molecule has 3 N–H and O–H groups in total. The van der Waals surface area contributed by atoms with Crippen LogP contribution in [-0.4, -0.2) is 63.5 Å². The van der Waals surface area contributed by atoms with Crippen LogP contribution in [0.1, 0.15) is 29.8 Å². The summed E-state index contributed by atoms with van der Waals surface area (Å²) in [7, 11) is 1.38. The van der Waals surface area contributed by atoms with Gasteiger partial charge in [0, 0.05) is 44.1 Å². The van der Waals surface area contributed by atoms with Gasteiger partial charge in [0.15, 0.2) is 11.6 Å². The van der Waals surface area contributed by atoms with E-state index in [1.54, 1.807) is 24.3 Å². The van der Waals surface area contributed by atoms with Crippen LogP contribution in [0.25, 0.3) is 0 Å². The fourth-order valence-electron chi connectivity index (χ4n) is 3.77. The van der Waals surface area contributed by atoms with Gasteiger partial charge in [-0.3, -0.25) is 4.79 Å². The molecule has 0 bridgehead atoms. The highest BCUT2D eigenvalue weighted by atomic mass is 19.4. The second-order valence-corrected chi connectivity index (χ2v) is 9.12. The molecule has 0 spiro atoms. The molecule has 2 aromatic carbocycles. The van der Waals surface area contributed by atoms with E-state index in [4.69, 9.17) is 4.74 Å². The average Bonchev–Trinajstić information content (AvgIpc) is 2.85. The minimum Gasteiger partial charge on any atom is -0.494 e. The molecule has 37 heavy (non-hydrogen) atoms. The molecule has 0 saturated carbocycles. The van der Waals surface area contributed by atoms with Gasteiger partial charge in [0.25, 0.3) is 5.91 Å². The summed E-state index contributed by atoms with van der Waals surface area (Å²) < 4.78 is 61.3. The summed E-state index contributed by atoms with van der Waals surface area (Å²) in [4.78, 5) is 26.4. The van der Waals surface area contributed by atoms with E-state index in [-0.39, 0.29) is 18.8 Å². The molecule has 0 unspecified atom stereocenters. The lowest BCUT2D eigenvalue weighted by Gasteiger charge is -2.31. The third kappa shape index (κ3) is 7.72. The van der Waals surface area contributed by atoms with E-state index in [0.717, 1.165) is 13.1 Å². The van der Waals surface area contributed by atoms with E-state index in [0.29, 0.717) is 35.6 Å². The van der Waals surface area contributed by atoms with Crippen molar-refractivity contribution < 1.29 is 36.6 Å². The first-order valence-electron chi connectivity index (χ1n) is 11.6. The summed E-state index contributed by atoms with van der Waals surface area (Å²) in [6.45, 7) is 5.27. The van der Waals surface area contributed by atoms with E-state index in [9.17, 15) is 27.2 Å². The van der Waals surface area contributed by atoms with E-state index in [1.165, 1.54) is 33.1 Å². The zero-order valence-electron chi connectivity index (χ0n) is 20.8. The van der Waals surface area contributed by atoms with Crippen LogP contribution in [0.5, 0.6) is 5.75 Å². The lowest BCUT2D eigenvalue weighted by molar-refractivity contribution is -0.211. The van der Waals surface area contributed by atoms with Gasteiger partial charge < -0.3 is 30.3 Å². The van der Waals surface area contributed by atoms with Crippen molar-refractivity contribution in [3.8, 4) is 5.75 Å². The van der Waals surface area contributed by atoms with Gasteiger partial charge in [0.1, 0.15) is 5.60 Å². The number of rotatable bonds is 9. The number of hydrogen-bond acceptors (Lipinski definition) is 7. The SMILES string of the molecule is COc1ccc(CNc2ccc(N3CCNCC3)c(C(=O)NCC(C)(C)OC(=O)C(F)(F)F)c2)cc1F. The van der Waals surface area contributed by atoms with Gasteiger partial charge in [0.2, 0.25) is 0 Å². The van der Waals surface area contributed by atoms with Crippen molar-refractivity contribution >= 4 is 23.3 Å². The second-order valence-electron chi connectivity index (χ2n) is 9.12. The maximum atomic E-state index is 14.0. The number of carbonyl (C=O) groups is 2. The highest BCUT2D eigenvalue weighted by molar-refractivity contribution is 6.01. The Labute approximate surface area is 212 Å². The molecule has 0 atom stereocenters. The zero-order chi connectivity index (χ0) is 27.2. The van der Waals surface area contributed by atoms with Gasteiger partial charge in [-0.1, -0.05) is 6.07 Å². The summed E-state index contributed by atoms with van der Waals surface area (Å²) in [6, 6.07) is 9.78. The number of nitrogens with zero attached hydrogens (tertiary/aromatic N) is 1. The first kappa shape index (κ1) is 28.0. The quantitative estimate of drug-likeness (QED) is 0.341. The van der Waals surface area contributed by atoms with Crippen molar-refractivity contribution in [2.45, 2.75) is 32.2 Å². The van der Waals surface area contributed by atoms with E-state index in [1.807, 2.05) is 4.90 Å². The van der Waals surface area contributed by atoms with Crippen LogP contribution in [-0.2, 0) is 16.1 Å². The largest absolute Gasteiger partial charge is 0.494 e.